The fourth-order valence-corrected chi connectivity index (χ4v) is 4.20. The van der Waals surface area contributed by atoms with Gasteiger partial charge in [-0.2, -0.15) is 5.26 Å². The van der Waals surface area contributed by atoms with Crippen LogP contribution in [-0.4, -0.2) is 35.8 Å². The fourth-order valence-electron chi connectivity index (χ4n) is 4.20. The van der Waals surface area contributed by atoms with E-state index in [4.69, 9.17) is 4.74 Å². The third kappa shape index (κ3) is 4.88. The summed E-state index contributed by atoms with van der Waals surface area (Å²) in [6.07, 6.45) is 8.62. The van der Waals surface area contributed by atoms with E-state index < -0.39 is 11.2 Å². The van der Waals surface area contributed by atoms with Gasteiger partial charge >= 0.3 is 0 Å². The summed E-state index contributed by atoms with van der Waals surface area (Å²) < 4.78 is 19.9. The van der Waals surface area contributed by atoms with Crippen molar-refractivity contribution in [2.45, 2.75) is 51.0 Å². The maximum Gasteiger partial charge on any atom is 0.151 e. The minimum absolute atomic E-state index is 0.396. The number of ether oxygens (including phenoxy) is 1. The monoisotopic (exact) mass is 409 g/mol. The molecule has 0 bridgehead atoms. The number of anilines is 2. The van der Waals surface area contributed by atoms with Crippen LogP contribution in [0.1, 0.15) is 44.9 Å². The van der Waals surface area contributed by atoms with Crippen molar-refractivity contribution in [1.29, 1.82) is 5.26 Å². The van der Waals surface area contributed by atoms with Crippen LogP contribution in [0.5, 0.6) is 0 Å². The highest BCUT2D eigenvalue weighted by Gasteiger charge is 2.32. The number of nitriles is 1. The summed E-state index contributed by atoms with van der Waals surface area (Å²) >= 11 is 0. The van der Waals surface area contributed by atoms with Crippen molar-refractivity contribution < 1.29 is 9.13 Å². The van der Waals surface area contributed by atoms with Crippen LogP contribution < -0.4 is 10.6 Å². The molecule has 1 aliphatic heterocycles. The van der Waals surface area contributed by atoms with Crippen molar-refractivity contribution in [3.63, 3.8) is 0 Å². The van der Waals surface area contributed by atoms with Crippen LogP contribution in [0.25, 0.3) is 11.3 Å². The quantitative estimate of drug-likeness (QED) is 0.716. The highest BCUT2D eigenvalue weighted by molar-refractivity contribution is 5.65. The third-order valence-corrected chi connectivity index (χ3v) is 6.13. The molecule has 2 aliphatic rings. The predicted molar refractivity (Wildman–Crippen MR) is 115 cm³/mol. The highest BCUT2D eigenvalue weighted by atomic mass is 19.1. The van der Waals surface area contributed by atoms with Gasteiger partial charge in [0.2, 0.25) is 0 Å². The van der Waals surface area contributed by atoms with E-state index in [-0.39, 0.29) is 0 Å². The minimum atomic E-state index is -0.449. The Labute approximate surface area is 176 Å². The van der Waals surface area contributed by atoms with Crippen molar-refractivity contribution >= 4 is 11.6 Å². The van der Waals surface area contributed by atoms with E-state index in [1.807, 2.05) is 12.1 Å². The average molecular weight is 410 g/mol. The highest BCUT2D eigenvalue weighted by Crippen LogP contribution is 2.31. The van der Waals surface area contributed by atoms with E-state index in [0.717, 1.165) is 12.8 Å². The molecule has 2 aromatic heterocycles. The van der Waals surface area contributed by atoms with E-state index in [9.17, 15) is 9.65 Å². The number of hydrogen-bond acceptors (Lipinski definition) is 6. The zero-order valence-corrected chi connectivity index (χ0v) is 17.2. The number of hydrogen-bond donors (Lipinski definition) is 2. The van der Waals surface area contributed by atoms with Gasteiger partial charge in [-0.1, -0.05) is 25.3 Å². The van der Waals surface area contributed by atoms with Crippen molar-refractivity contribution in [3.8, 4) is 17.3 Å². The van der Waals surface area contributed by atoms with Crippen molar-refractivity contribution in [2.75, 3.05) is 30.4 Å². The Hall–Kier alpha value is -2.72. The summed E-state index contributed by atoms with van der Waals surface area (Å²) in [5.74, 6) is 0.919. The molecule has 7 heteroatoms. The Morgan fingerprint density at radius 1 is 1.17 bits per heavy atom. The molecule has 1 saturated carbocycles. The lowest BCUT2D eigenvalue weighted by Crippen LogP contribution is -2.34. The first-order chi connectivity index (χ1) is 14.7. The molecule has 4 rings (SSSR count). The molecule has 158 valence electrons. The van der Waals surface area contributed by atoms with Crippen LogP contribution in [0.3, 0.4) is 0 Å². The van der Waals surface area contributed by atoms with Crippen LogP contribution >= 0.6 is 0 Å². The molecular formula is C23H28FN5O. The summed E-state index contributed by atoms with van der Waals surface area (Å²) in [5, 5.41) is 16.3. The molecule has 3 heterocycles. The van der Waals surface area contributed by atoms with Gasteiger partial charge in [-0.25, -0.2) is 14.4 Å². The number of rotatable bonds is 6. The second kappa shape index (κ2) is 9.40. The molecule has 0 unspecified atom stereocenters. The predicted octanol–water partition coefficient (Wildman–Crippen LogP) is 4.76. The van der Waals surface area contributed by atoms with Gasteiger partial charge in [0.25, 0.3) is 0 Å². The summed E-state index contributed by atoms with van der Waals surface area (Å²) in [6.45, 7) is 1.69. The summed E-state index contributed by atoms with van der Waals surface area (Å²) in [4.78, 5) is 8.82. The average Bonchev–Trinajstić information content (AvgIpc) is 2.80. The van der Waals surface area contributed by atoms with E-state index >= 15 is 0 Å². The molecule has 0 atom stereocenters. The van der Waals surface area contributed by atoms with Crippen LogP contribution in [0.2, 0.25) is 0 Å². The van der Waals surface area contributed by atoms with Crippen LogP contribution in [0.15, 0.2) is 30.5 Å². The van der Waals surface area contributed by atoms with Crippen molar-refractivity contribution in [1.82, 2.24) is 9.97 Å². The summed E-state index contributed by atoms with van der Waals surface area (Å²) in [7, 11) is 0. The fraction of sp³-hybridized carbons (Fsp3) is 0.522. The molecular weight excluding hydrogens is 381 g/mol. The largest absolute Gasteiger partial charge is 0.381 e. The third-order valence-electron chi connectivity index (χ3n) is 6.13. The lowest BCUT2D eigenvalue weighted by atomic mass is 9.82. The topological polar surface area (TPSA) is 82.9 Å². The number of halogens is 1. The number of nitrogens with one attached hydrogen (secondary N) is 2. The van der Waals surface area contributed by atoms with E-state index in [1.165, 1.54) is 25.5 Å². The summed E-state index contributed by atoms with van der Waals surface area (Å²) in [6, 6.07) is 10.1. The Morgan fingerprint density at radius 2 is 1.97 bits per heavy atom. The number of aromatic nitrogens is 2. The van der Waals surface area contributed by atoms with Gasteiger partial charge in [-0.3, -0.25) is 0 Å². The van der Waals surface area contributed by atoms with E-state index in [1.54, 1.807) is 12.1 Å². The maximum absolute atomic E-state index is 14.6. The van der Waals surface area contributed by atoms with Gasteiger partial charge in [0.15, 0.2) is 5.82 Å². The van der Waals surface area contributed by atoms with Crippen molar-refractivity contribution in [3.05, 3.63) is 36.3 Å². The molecule has 1 saturated heterocycles. The van der Waals surface area contributed by atoms with E-state index in [2.05, 4.69) is 26.7 Å². The molecule has 0 aromatic carbocycles. The first kappa shape index (κ1) is 20.5. The van der Waals surface area contributed by atoms with Crippen LogP contribution in [-0.2, 0) is 4.74 Å². The van der Waals surface area contributed by atoms with Gasteiger partial charge < -0.3 is 15.4 Å². The molecule has 6 nitrogen and oxygen atoms in total. The lowest BCUT2D eigenvalue weighted by Gasteiger charge is -2.30. The number of pyridine rings is 2. The Bertz CT molecular complexity index is 901. The molecule has 2 aromatic rings. The smallest absolute Gasteiger partial charge is 0.151 e. The molecule has 0 amide bonds. The normalized spacial score (nSPS) is 19.1. The standard InChI is InChI=1S/C23H28FN5O/c24-19-14-26-22(28-17-5-2-1-3-6-17)13-18(19)20-7-4-8-21(29-20)27-16-23(15-25)9-11-30-12-10-23/h4,7-8,13-14,17H,1-3,5-6,9-12,16H2,(H,26,28)(H,27,29). The van der Waals surface area contributed by atoms with Crippen LogP contribution in [0, 0.1) is 22.6 Å². The zero-order chi connectivity index (χ0) is 20.8. The van der Waals surface area contributed by atoms with Crippen LogP contribution in [0.4, 0.5) is 16.0 Å². The first-order valence-electron chi connectivity index (χ1n) is 10.8. The van der Waals surface area contributed by atoms with Gasteiger partial charge in [0, 0.05) is 31.4 Å². The Balaban J connectivity index is 1.49. The van der Waals surface area contributed by atoms with Gasteiger partial charge in [-0.05, 0) is 43.9 Å². The molecule has 0 radical (unpaired) electrons. The second-order valence-electron chi connectivity index (χ2n) is 8.29. The maximum atomic E-state index is 14.6. The molecule has 1 aliphatic carbocycles. The first-order valence-corrected chi connectivity index (χ1v) is 10.8. The van der Waals surface area contributed by atoms with Gasteiger partial charge in [-0.15, -0.1) is 0 Å². The second-order valence-corrected chi connectivity index (χ2v) is 8.29. The SMILES string of the molecule is N#CC1(CNc2cccc(-c3cc(NC4CCCCC4)ncc3F)n2)CCOCC1. The molecule has 2 N–H and O–H groups in total. The molecule has 30 heavy (non-hydrogen) atoms. The van der Waals surface area contributed by atoms with Gasteiger partial charge in [0.1, 0.15) is 11.6 Å². The van der Waals surface area contributed by atoms with E-state index in [0.29, 0.717) is 61.5 Å². The minimum Gasteiger partial charge on any atom is -0.381 e. The Morgan fingerprint density at radius 3 is 2.73 bits per heavy atom. The summed E-state index contributed by atoms with van der Waals surface area (Å²) in [5.41, 5.74) is 0.521. The van der Waals surface area contributed by atoms with Gasteiger partial charge in [0.05, 0.1) is 23.4 Å². The molecule has 2 fully saturated rings. The Kier molecular flexibility index (Phi) is 6.44. The lowest BCUT2D eigenvalue weighted by molar-refractivity contribution is 0.0455. The van der Waals surface area contributed by atoms with Crippen molar-refractivity contribution in [2.24, 2.45) is 5.41 Å². The molecule has 0 spiro atoms. The zero-order valence-electron chi connectivity index (χ0n) is 17.2. The number of nitrogens with zero attached hydrogens (tertiary/aromatic N) is 3.